The van der Waals surface area contributed by atoms with Gasteiger partial charge in [0.2, 0.25) is 0 Å². The maximum Gasteiger partial charge on any atom is 0.314 e. The summed E-state index contributed by atoms with van der Waals surface area (Å²) in [6.45, 7) is 2.22. The van der Waals surface area contributed by atoms with Gasteiger partial charge in [-0.2, -0.15) is 0 Å². The van der Waals surface area contributed by atoms with Crippen molar-refractivity contribution < 1.29 is 14.7 Å². The minimum atomic E-state index is -1.05. The molecule has 0 saturated carbocycles. The molecule has 0 aromatic carbocycles. The summed E-state index contributed by atoms with van der Waals surface area (Å²) >= 11 is 0. The summed E-state index contributed by atoms with van der Waals surface area (Å²) < 4.78 is 0. The van der Waals surface area contributed by atoms with Crippen LogP contribution in [0.2, 0.25) is 0 Å². The fourth-order valence-corrected chi connectivity index (χ4v) is 1.16. The Kier molecular flexibility index (Phi) is 6.66. The third-order valence-corrected chi connectivity index (χ3v) is 1.92. The van der Waals surface area contributed by atoms with Crippen molar-refractivity contribution in [1.82, 2.24) is 0 Å². The molecule has 0 spiro atoms. The van der Waals surface area contributed by atoms with Gasteiger partial charge in [-0.3, -0.25) is 9.59 Å². The van der Waals surface area contributed by atoms with E-state index in [0.717, 1.165) is 6.42 Å². The van der Waals surface area contributed by atoms with Crippen LogP contribution in [0.1, 0.15) is 26.2 Å². The Hall–Kier alpha value is -1.16. The maximum atomic E-state index is 11.3. The van der Waals surface area contributed by atoms with E-state index in [0.29, 0.717) is 19.4 Å². The monoisotopic (exact) mass is 199 g/mol. The molecule has 3 N–H and O–H groups in total. The van der Waals surface area contributed by atoms with Crippen molar-refractivity contribution in [3.63, 3.8) is 0 Å². The average Bonchev–Trinajstić information content (AvgIpc) is 2.12. The zero-order chi connectivity index (χ0) is 11.0. The third-order valence-electron chi connectivity index (χ3n) is 1.92. The second-order valence-electron chi connectivity index (χ2n) is 3.08. The Morgan fingerprint density at radius 3 is 2.50 bits per heavy atom. The standard InChI is InChI=1S/C10H17NO3/c1-2-5-9(12)8(10(13)14)6-3-4-7-11/h2,5,8H,3-4,6-7,11H2,1H3,(H,13,14). The second kappa shape index (κ2) is 7.26. The Balaban J connectivity index is 4.15. The zero-order valence-electron chi connectivity index (χ0n) is 8.40. The lowest BCUT2D eigenvalue weighted by Crippen LogP contribution is -2.22. The van der Waals surface area contributed by atoms with Gasteiger partial charge in [-0.05, 0) is 32.4 Å². The highest BCUT2D eigenvalue weighted by molar-refractivity contribution is 6.04. The van der Waals surface area contributed by atoms with Crippen LogP contribution in [0.25, 0.3) is 0 Å². The summed E-state index contributed by atoms with van der Waals surface area (Å²) in [6.07, 6.45) is 4.67. The van der Waals surface area contributed by atoms with Crippen molar-refractivity contribution in [2.24, 2.45) is 11.7 Å². The van der Waals surface area contributed by atoms with E-state index in [1.54, 1.807) is 13.0 Å². The van der Waals surface area contributed by atoms with Crippen LogP contribution < -0.4 is 5.73 Å². The molecule has 0 bridgehead atoms. The number of carbonyl (C=O) groups excluding carboxylic acids is 1. The molecule has 4 heteroatoms. The summed E-state index contributed by atoms with van der Waals surface area (Å²) in [7, 11) is 0. The van der Waals surface area contributed by atoms with Gasteiger partial charge < -0.3 is 10.8 Å². The minimum Gasteiger partial charge on any atom is -0.481 e. The fourth-order valence-electron chi connectivity index (χ4n) is 1.16. The number of hydrogen-bond acceptors (Lipinski definition) is 3. The highest BCUT2D eigenvalue weighted by Gasteiger charge is 2.22. The molecule has 0 rings (SSSR count). The van der Waals surface area contributed by atoms with Gasteiger partial charge in [0.1, 0.15) is 5.92 Å². The lowest BCUT2D eigenvalue weighted by molar-refractivity contribution is -0.145. The summed E-state index contributed by atoms with van der Waals surface area (Å²) in [5.41, 5.74) is 5.28. The molecule has 1 unspecified atom stereocenters. The van der Waals surface area contributed by atoms with E-state index in [4.69, 9.17) is 10.8 Å². The van der Waals surface area contributed by atoms with E-state index >= 15 is 0 Å². The number of carboxylic acids is 1. The van der Waals surface area contributed by atoms with Crippen molar-refractivity contribution in [1.29, 1.82) is 0 Å². The molecule has 1 atom stereocenters. The first-order valence-corrected chi connectivity index (χ1v) is 4.73. The normalized spacial score (nSPS) is 13.0. The number of carboxylic acid groups (broad SMARTS) is 1. The molecular weight excluding hydrogens is 182 g/mol. The van der Waals surface area contributed by atoms with E-state index < -0.39 is 11.9 Å². The van der Waals surface area contributed by atoms with Crippen molar-refractivity contribution in [2.75, 3.05) is 6.54 Å². The Morgan fingerprint density at radius 1 is 1.43 bits per heavy atom. The number of carbonyl (C=O) groups is 2. The van der Waals surface area contributed by atoms with Gasteiger partial charge in [0.05, 0.1) is 0 Å². The third kappa shape index (κ3) is 4.77. The second-order valence-corrected chi connectivity index (χ2v) is 3.08. The van der Waals surface area contributed by atoms with Crippen molar-refractivity contribution in [3.05, 3.63) is 12.2 Å². The van der Waals surface area contributed by atoms with Crippen LogP contribution in [-0.2, 0) is 9.59 Å². The van der Waals surface area contributed by atoms with Gasteiger partial charge in [-0.15, -0.1) is 0 Å². The SMILES string of the molecule is CC=CC(=O)C(CCCCN)C(=O)O. The van der Waals surface area contributed by atoms with Crippen LogP contribution in [0.15, 0.2) is 12.2 Å². The molecule has 0 fully saturated rings. The first kappa shape index (κ1) is 12.8. The molecule has 0 amide bonds. The van der Waals surface area contributed by atoms with E-state index in [9.17, 15) is 9.59 Å². The van der Waals surface area contributed by atoms with Crippen molar-refractivity contribution >= 4 is 11.8 Å². The quantitative estimate of drug-likeness (QED) is 0.363. The summed E-state index contributed by atoms with van der Waals surface area (Å²) in [6, 6.07) is 0. The molecule has 0 aliphatic heterocycles. The topological polar surface area (TPSA) is 80.4 Å². The summed E-state index contributed by atoms with van der Waals surface area (Å²) in [5, 5.41) is 8.78. The zero-order valence-corrected chi connectivity index (χ0v) is 8.40. The largest absolute Gasteiger partial charge is 0.481 e. The van der Waals surface area contributed by atoms with Crippen LogP contribution in [0.3, 0.4) is 0 Å². The predicted molar refractivity (Wildman–Crippen MR) is 53.9 cm³/mol. The first-order chi connectivity index (χ1) is 6.63. The lowest BCUT2D eigenvalue weighted by atomic mass is 9.97. The smallest absolute Gasteiger partial charge is 0.314 e. The molecular formula is C10H17NO3. The molecule has 14 heavy (non-hydrogen) atoms. The highest BCUT2D eigenvalue weighted by Crippen LogP contribution is 2.10. The molecule has 0 aromatic rings. The van der Waals surface area contributed by atoms with Crippen LogP contribution in [0, 0.1) is 5.92 Å². The molecule has 0 aliphatic carbocycles. The van der Waals surface area contributed by atoms with Gasteiger partial charge in [0, 0.05) is 0 Å². The van der Waals surface area contributed by atoms with Crippen LogP contribution in [0.5, 0.6) is 0 Å². The maximum absolute atomic E-state index is 11.3. The molecule has 0 saturated heterocycles. The number of allylic oxidation sites excluding steroid dienone is 2. The number of ketones is 1. The van der Waals surface area contributed by atoms with Crippen molar-refractivity contribution in [3.8, 4) is 0 Å². The number of nitrogens with two attached hydrogens (primary N) is 1. The van der Waals surface area contributed by atoms with E-state index in [-0.39, 0.29) is 5.78 Å². The number of hydrogen-bond donors (Lipinski definition) is 2. The first-order valence-electron chi connectivity index (χ1n) is 4.73. The molecule has 0 aromatic heterocycles. The van der Waals surface area contributed by atoms with Gasteiger partial charge in [0.15, 0.2) is 5.78 Å². The highest BCUT2D eigenvalue weighted by atomic mass is 16.4. The van der Waals surface area contributed by atoms with Crippen LogP contribution >= 0.6 is 0 Å². The van der Waals surface area contributed by atoms with Gasteiger partial charge in [0.25, 0.3) is 0 Å². The van der Waals surface area contributed by atoms with E-state index in [1.165, 1.54) is 6.08 Å². The Labute approximate surface area is 83.8 Å². The summed E-state index contributed by atoms with van der Waals surface area (Å²) in [5.74, 6) is -2.29. The average molecular weight is 199 g/mol. The Morgan fingerprint density at radius 2 is 2.07 bits per heavy atom. The van der Waals surface area contributed by atoms with E-state index in [1.807, 2.05) is 0 Å². The van der Waals surface area contributed by atoms with Crippen LogP contribution in [0.4, 0.5) is 0 Å². The van der Waals surface area contributed by atoms with Gasteiger partial charge >= 0.3 is 5.97 Å². The van der Waals surface area contributed by atoms with Gasteiger partial charge in [-0.25, -0.2) is 0 Å². The predicted octanol–water partition coefficient (Wildman–Crippen LogP) is 0.961. The Bertz CT molecular complexity index is 223. The fraction of sp³-hybridized carbons (Fsp3) is 0.600. The number of unbranched alkanes of at least 4 members (excludes halogenated alkanes) is 1. The molecule has 80 valence electrons. The van der Waals surface area contributed by atoms with E-state index in [2.05, 4.69) is 0 Å². The lowest BCUT2D eigenvalue weighted by Gasteiger charge is -2.07. The number of rotatable bonds is 7. The molecule has 0 aliphatic rings. The van der Waals surface area contributed by atoms with Crippen molar-refractivity contribution in [2.45, 2.75) is 26.2 Å². The summed E-state index contributed by atoms with van der Waals surface area (Å²) in [4.78, 5) is 22.0. The number of aliphatic carboxylic acids is 1. The minimum absolute atomic E-state index is 0.336. The molecule has 0 heterocycles. The van der Waals surface area contributed by atoms with Gasteiger partial charge in [-0.1, -0.05) is 12.5 Å². The van der Waals surface area contributed by atoms with Crippen LogP contribution in [-0.4, -0.2) is 23.4 Å². The molecule has 0 radical (unpaired) electrons. The molecule has 4 nitrogen and oxygen atoms in total.